The zero-order valence-corrected chi connectivity index (χ0v) is 11.6. The van der Waals surface area contributed by atoms with Crippen LogP contribution in [0.25, 0.3) is 0 Å². The first-order chi connectivity index (χ1) is 9.10. The van der Waals surface area contributed by atoms with Gasteiger partial charge in [0, 0.05) is 26.8 Å². The number of amides is 1. The zero-order chi connectivity index (χ0) is 14.3. The molecule has 0 spiro atoms. The second-order valence-electron chi connectivity index (χ2n) is 4.08. The maximum atomic E-state index is 11.8. The molecule has 1 heterocycles. The van der Waals surface area contributed by atoms with E-state index in [0.717, 1.165) is 5.69 Å². The van der Waals surface area contributed by atoms with Gasteiger partial charge in [0.2, 0.25) is 11.8 Å². The molecular weight excluding hydrogens is 244 g/mol. The average Bonchev–Trinajstić information content (AvgIpc) is 2.39. The number of aromatic nitrogens is 1. The molecule has 0 bridgehead atoms. The van der Waals surface area contributed by atoms with Crippen LogP contribution in [-0.4, -0.2) is 45.2 Å². The summed E-state index contributed by atoms with van der Waals surface area (Å²) in [6.07, 6.45) is 3.34. The Morgan fingerprint density at radius 2 is 2.32 bits per heavy atom. The first-order valence-corrected chi connectivity index (χ1v) is 5.92. The van der Waals surface area contributed by atoms with E-state index in [2.05, 4.69) is 22.2 Å². The molecule has 19 heavy (non-hydrogen) atoms. The monoisotopic (exact) mass is 264 g/mol. The summed E-state index contributed by atoms with van der Waals surface area (Å²) < 4.78 is 5.17. The largest absolute Gasteiger partial charge is 0.479 e. The number of anilines is 2. The number of carbonyl (C=O) groups excluding carboxylic acids is 1. The lowest BCUT2D eigenvalue weighted by atomic mass is 10.3. The maximum Gasteiger partial charge on any atom is 0.239 e. The number of nitrogens with zero attached hydrogens (tertiary/aromatic N) is 2. The summed E-state index contributed by atoms with van der Waals surface area (Å²) in [5, 5.41) is 5.74. The van der Waals surface area contributed by atoms with Gasteiger partial charge in [-0.15, -0.1) is 6.58 Å². The van der Waals surface area contributed by atoms with Crippen LogP contribution < -0.4 is 20.3 Å². The molecule has 0 aromatic carbocycles. The Hall–Kier alpha value is -2.08. The van der Waals surface area contributed by atoms with E-state index in [1.54, 1.807) is 12.3 Å². The Morgan fingerprint density at radius 3 is 2.89 bits per heavy atom. The van der Waals surface area contributed by atoms with Crippen LogP contribution >= 0.6 is 0 Å². The topological polar surface area (TPSA) is 66.5 Å². The lowest BCUT2D eigenvalue weighted by Gasteiger charge is -2.19. The predicted octanol–water partition coefficient (Wildman–Crippen LogP) is 0.870. The third kappa shape index (κ3) is 4.26. The molecule has 0 fully saturated rings. The minimum Gasteiger partial charge on any atom is -0.479 e. The second-order valence-corrected chi connectivity index (χ2v) is 4.08. The van der Waals surface area contributed by atoms with E-state index in [0.29, 0.717) is 18.1 Å². The van der Waals surface area contributed by atoms with Crippen LogP contribution in [0.5, 0.6) is 5.88 Å². The van der Waals surface area contributed by atoms with Crippen LogP contribution in [0.1, 0.15) is 0 Å². The minimum atomic E-state index is -0.156. The molecule has 104 valence electrons. The molecule has 0 unspecified atom stereocenters. The van der Waals surface area contributed by atoms with Gasteiger partial charge in [-0.2, -0.15) is 0 Å². The van der Waals surface area contributed by atoms with Crippen molar-refractivity contribution in [2.24, 2.45) is 0 Å². The summed E-state index contributed by atoms with van der Waals surface area (Å²) in [5.41, 5.74) is 1.41. The van der Waals surface area contributed by atoms with Crippen LogP contribution in [0.4, 0.5) is 11.4 Å². The molecule has 6 heteroatoms. The fourth-order valence-electron chi connectivity index (χ4n) is 1.55. The number of hydrogen-bond donors (Lipinski definition) is 2. The highest BCUT2D eigenvalue weighted by molar-refractivity contribution is 5.97. The Balaban J connectivity index is 2.85. The van der Waals surface area contributed by atoms with Crippen molar-refractivity contribution in [3.8, 4) is 5.88 Å². The van der Waals surface area contributed by atoms with Gasteiger partial charge in [-0.1, -0.05) is 6.08 Å². The first kappa shape index (κ1) is 15.0. The minimum absolute atomic E-state index is 0.156. The number of hydrogen-bond acceptors (Lipinski definition) is 5. The standard InChI is InChI=1S/C13H20N4O2/c1-5-7-14-9-11(18)16-12-10(17(2)3)6-8-15-13(12)19-4/h5-6,8,14H,1,7,9H2,2-4H3,(H,16,18). The van der Waals surface area contributed by atoms with Crippen LogP contribution in [0.15, 0.2) is 24.9 Å². The van der Waals surface area contributed by atoms with Crippen LogP contribution in [0.2, 0.25) is 0 Å². The fraction of sp³-hybridized carbons (Fsp3) is 0.385. The number of carbonyl (C=O) groups is 1. The van der Waals surface area contributed by atoms with E-state index in [9.17, 15) is 4.79 Å². The lowest BCUT2D eigenvalue weighted by Crippen LogP contribution is -2.29. The maximum absolute atomic E-state index is 11.8. The third-order valence-electron chi connectivity index (χ3n) is 2.41. The van der Waals surface area contributed by atoms with Crippen molar-refractivity contribution in [2.75, 3.05) is 44.5 Å². The third-order valence-corrected chi connectivity index (χ3v) is 2.41. The first-order valence-electron chi connectivity index (χ1n) is 5.92. The van der Waals surface area contributed by atoms with E-state index >= 15 is 0 Å². The quantitative estimate of drug-likeness (QED) is 0.565. The van der Waals surface area contributed by atoms with Gasteiger partial charge in [-0.05, 0) is 6.07 Å². The van der Waals surface area contributed by atoms with Crippen molar-refractivity contribution in [2.45, 2.75) is 0 Å². The van der Waals surface area contributed by atoms with Gasteiger partial charge in [0.1, 0.15) is 5.69 Å². The molecule has 1 aromatic rings. The van der Waals surface area contributed by atoms with E-state index in [1.165, 1.54) is 7.11 Å². The molecule has 6 nitrogen and oxygen atoms in total. The average molecular weight is 264 g/mol. The van der Waals surface area contributed by atoms with Crippen molar-refractivity contribution < 1.29 is 9.53 Å². The van der Waals surface area contributed by atoms with Gasteiger partial charge < -0.3 is 20.3 Å². The molecule has 0 aliphatic heterocycles. The highest BCUT2D eigenvalue weighted by atomic mass is 16.5. The Labute approximate surface area is 113 Å². The SMILES string of the molecule is C=CCNCC(=O)Nc1c(N(C)C)ccnc1OC. The smallest absolute Gasteiger partial charge is 0.239 e. The summed E-state index contributed by atoms with van der Waals surface area (Å²) in [5.74, 6) is 0.236. The van der Waals surface area contributed by atoms with Gasteiger partial charge in [-0.25, -0.2) is 4.98 Å². The Morgan fingerprint density at radius 1 is 1.58 bits per heavy atom. The molecular formula is C13H20N4O2. The normalized spacial score (nSPS) is 9.84. The molecule has 2 N–H and O–H groups in total. The molecule has 1 amide bonds. The van der Waals surface area contributed by atoms with E-state index in [1.807, 2.05) is 25.1 Å². The zero-order valence-electron chi connectivity index (χ0n) is 11.6. The summed E-state index contributed by atoms with van der Waals surface area (Å²) in [4.78, 5) is 17.8. The number of ether oxygens (including phenoxy) is 1. The highest BCUT2D eigenvalue weighted by Crippen LogP contribution is 2.31. The van der Waals surface area contributed by atoms with Gasteiger partial charge in [0.25, 0.3) is 0 Å². The molecule has 1 aromatic heterocycles. The lowest BCUT2D eigenvalue weighted by molar-refractivity contribution is -0.115. The van der Waals surface area contributed by atoms with Crippen molar-refractivity contribution in [1.29, 1.82) is 0 Å². The van der Waals surface area contributed by atoms with Gasteiger partial charge in [0.15, 0.2) is 0 Å². The molecule has 0 saturated heterocycles. The van der Waals surface area contributed by atoms with E-state index in [-0.39, 0.29) is 12.5 Å². The number of nitrogens with one attached hydrogen (secondary N) is 2. The fourth-order valence-corrected chi connectivity index (χ4v) is 1.55. The predicted molar refractivity (Wildman–Crippen MR) is 76.8 cm³/mol. The highest BCUT2D eigenvalue weighted by Gasteiger charge is 2.14. The molecule has 0 aliphatic rings. The number of methoxy groups -OCH3 is 1. The summed E-state index contributed by atoms with van der Waals surface area (Å²) in [7, 11) is 5.30. The summed E-state index contributed by atoms with van der Waals surface area (Å²) in [6, 6.07) is 1.81. The van der Waals surface area contributed by atoms with Crippen LogP contribution in [0, 0.1) is 0 Å². The van der Waals surface area contributed by atoms with Crippen LogP contribution in [-0.2, 0) is 4.79 Å². The van der Waals surface area contributed by atoms with Crippen LogP contribution in [0.3, 0.4) is 0 Å². The molecule has 0 saturated carbocycles. The van der Waals surface area contributed by atoms with Gasteiger partial charge in [-0.3, -0.25) is 4.79 Å². The van der Waals surface area contributed by atoms with Gasteiger partial charge >= 0.3 is 0 Å². The number of pyridine rings is 1. The van der Waals surface area contributed by atoms with Crippen molar-refractivity contribution >= 4 is 17.3 Å². The van der Waals surface area contributed by atoms with Gasteiger partial charge in [0.05, 0.1) is 19.3 Å². The molecule has 0 aliphatic carbocycles. The molecule has 0 radical (unpaired) electrons. The summed E-state index contributed by atoms with van der Waals surface area (Å²) >= 11 is 0. The van der Waals surface area contributed by atoms with Crippen molar-refractivity contribution in [3.05, 3.63) is 24.9 Å². The van der Waals surface area contributed by atoms with Crippen molar-refractivity contribution in [1.82, 2.24) is 10.3 Å². The Bertz CT molecular complexity index is 446. The molecule has 0 atom stereocenters. The second kappa shape index (κ2) is 7.38. The molecule has 1 rings (SSSR count). The van der Waals surface area contributed by atoms with Crippen molar-refractivity contribution in [3.63, 3.8) is 0 Å². The van der Waals surface area contributed by atoms with E-state index in [4.69, 9.17) is 4.74 Å². The Kier molecular flexibility index (Phi) is 5.81. The van der Waals surface area contributed by atoms with E-state index < -0.39 is 0 Å². The summed E-state index contributed by atoms with van der Waals surface area (Å²) in [6.45, 7) is 4.36. The number of rotatable bonds is 7.